The van der Waals surface area contributed by atoms with E-state index in [0.717, 1.165) is 11.6 Å². The molecular weight excluding hydrogens is 1010 g/mol. The van der Waals surface area contributed by atoms with Crippen molar-refractivity contribution in [3.63, 3.8) is 0 Å². The Bertz CT molecular complexity index is 3670. The molecule has 0 saturated heterocycles. The van der Waals surface area contributed by atoms with E-state index in [4.69, 9.17) is 0 Å². The Morgan fingerprint density at radius 2 is 0.889 bits per heavy atom. The summed E-state index contributed by atoms with van der Waals surface area (Å²) in [6.07, 6.45) is 2.17. The van der Waals surface area contributed by atoms with E-state index in [-0.39, 0.29) is 32.5 Å². The molecule has 3 aromatic carbocycles. The molecule has 0 spiro atoms. The summed E-state index contributed by atoms with van der Waals surface area (Å²) >= 11 is 1.81. The largest absolute Gasteiger partial charge is 0.354 e. The minimum atomic E-state index is 0.0933. The Hall–Kier alpha value is -6.06. The molecule has 0 saturated carbocycles. The van der Waals surface area contributed by atoms with Crippen LogP contribution in [0.25, 0.3) is 42.8 Å². The van der Waals surface area contributed by atoms with Crippen LogP contribution in [0.3, 0.4) is 0 Å². The summed E-state index contributed by atoms with van der Waals surface area (Å²) in [6, 6.07) is 31.4. The maximum Gasteiger partial charge on any atom is 0.147 e. The van der Waals surface area contributed by atoms with Crippen molar-refractivity contribution in [2.24, 2.45) is 42.3 Å². The van der Waals surface area contributed by atoms with Gasteiger partial charge in [-0.05, 0) is 135 Å². The number of thiophene rings is 1. The zero-order valence-electron chi connectivity index (χ0n) is 56.2. The van der Waals surface area contributed by atoms with Gasteiger partial charge < -0.3 is 22.8 Å². The van der Waals surface area contributed by atoms with Crippen molar-refractivity contribution in [1.82, 2.24) is 37.6 Å². The number of rotatable bonds is 0. The average molecular weight is 1120 g/mol. The van der Waals surface area contributed by atoms with E-state index in [1.54, 1.807) is 0 Å². The van der Waals surface area contributed by atoms with E-state index in [2.05, 4.69) is 324 Å². The smallest absolute Gasteiger partial charge is 0.147 e. The number of hydrogen-bond donors (Lipinski definition) is 0. The van der Waals surface area contributed by atoms with Crippen LogP contribution in [0.2, 0.25) is 0 Å². The fourth-order valence-corrected chi connectivity index (χ4v) is 12.0. The Balaban J connectivity index is 0.000000180. The van der Waals surface area contributed by atoms with Crippen LogP contribution in [-0.4, -0.2) is 37.6 Å². The SMILES string of the molecule is Cc1cc(C(C)(C)C)n(C)c1.Cc1cc(C(C)(C)C)n(C)c1C.Cc1ccc2cc(C(C)(C)C)n(C)c2c1.Cc1cccc2cc(C(C)(C)C)n(C)c12.Cc1nc(C(C)(C)C)n(C)n1.Cn1c(C(C)(C)C)cc2cc3ccsc3cc21. The van der Waals surface area contributed by atoms with E-state index in [9.17, 15) is 0 Å². The van der Waals surface area contributed by atoms with Crippen molar-refractivity contribution < 1.29 is 0 Å². The van der Waals surface area contributed by atoms with Crippen molar-refractivity contribution in [3.05, 3.63) is 165 Å². The Morgan fingerprint density at radius 3 is 1.30 bits per heavy atom. The van der Waals surface area contributed by atoms with Gasteiger partial charge in [-0.3, -0.25) is 4.68 Å². The first kappa shape index (κ1) is 65.7. The second-order valence-electron chi connectivity index (χ2n) is 29.2. The average Bonchev–Trinajstić information content (AvgIpc) is 4.43. The Morgan fingerprint density at radius 1 is 0.395 bits per heavy atom. The van der Waals surface area contributed by atoms with Gasteiger partial charge in [0, 0.05) is 142 Å². The molecule has 10 rings (SSSR count). The number of benzene rings is 3. The van der Waals surface area contributed by atoms with Crippen LogP contribution in [0.5, 0.6) is 0 Å². The van der Waals surface area contributed by atoms with Gasteiger partial charge in [-0.2, -0.15) is 5.10 Å². The molecule has 10 aromatic rings. The van der Waals surface area contributed by atoms with E-state index in [1.807, 2.05) is 30.0 Å². The molecule has 0 bridgehead atoms. The third-order valence-electron chi connectivity index (χ3n) is 15.4. The summed E-state index contributed by atoms with van der Waals surface area (Å²) < 4.78 is 14.7. The third-order valence-corrected chi connectivity index (χ3v) is 16.3. The minimum absolute atomic E-state index is 0.0933. The van der Waals surface area contributed by atoms with Crippen LogP contribution >= 0.6 is 11.3 Å². The highest BCUT2D eigenvalue weighted by Gasteiger charge is 2.24. The molecule has 0 fully saturated rings. The summed E-state index contributed by atoms with van der Waals surface area (Å²) in [5, 5.41) is 11.7. The van der Waals surface area contributed by atoms with Crippen LogP contribution in [0.4, 0.5) is 0 Å². The molecule has 7 aromatic heterocycles. The van der Waals surface area contributed by atoms with E-state index < -0.39 is 0 Å². The molecule has 81 heavy (non-hydrogen) atoms. The summed E-state index contributed by atoms with van der Waals surface area (Å²) in [6.45, 7) is 52.9. The summed E-state index contributed by atoms with van der Waals surface area (Å²) in [5.74, 6) is 1.88. The van der Waals surface area contributed by atoms with Gasteiger partial charge in [0.25, 0.3) is 0 Å². The van der Waals surface area contributed by atoms with Gasteiger partial charge in [-0.1, -0.05) is 155 Å². The molecule has 0 unspecified atom stereocenters. The maximum absolute atomic E-state index is 4.33. The molecule has 0 radical (unpaired) electrons. The highest BCUT2D eigenvalue weighted by Crippen LogP contribution is 2.34. The number of nitrogens with zero attached hydrogens (tertiary/aromatic N) is 8. The predicted octanol–water partition coefficient (Wildman–Crippen LogP) is 19.3. The zero-order valence-corrected chi connectivity index (χ0v) is 57.0. The van der Waals surface area contributed by atoms with Crippen LogP contribution in [0.1, 0.15) is 193 Å². The van der Waals surface area contributed by atoms with Crippen LogP contribution in [-0.2, 0) is 74.8 Å². The number of aromatic nitrogens is 8. The first-order chi connectivity index (χ1) is 36.9. The lowest BCUT2D eigenvalue weighted by Gasteiger charge is -2.20. The topological polar surface area (TPSA) is 55.4 Å². The van der Waals surface area contributed by atoms with Crippen molar-refractivity contribution >= 4 is 54.1 Å². The van der Waals surface area contributed by atoms with Crippen molar-refractivity contribution in [1.29, 1.82) is 0 Å². The number of aryl methyl sites for hydroxylation is 10. The summed E-state index contributed by atoms with van der Waals surface area (Å²) in [4.78, 5) is 4.33. The first-order valence-electron chi connectivity index (χ1n) is 29.2. The lowest BCUT2D eigenvalue weighted by molar-refractivity contribution is 0.506. The molecule has 9 heteroatoms. The third kappa shape index (κ3) is 15.9. The highest BCUT2D eigenvalue weighted by molar-refractivity contribution is 7.17. The minimum Gasteiger partial charge on any atom is -0.354 e. The second-order valence-corrected chi connectivity index (χ2v) is 30.1. The Labute approximate surface area is 494 Å². The normalized spacial score (nSPS) is 12.3. The molecule has 0 aliphatic carbocycles. The van der Waals surface area contributed by atoms with Gasteiger partial charge in [0.2, 0.25) is 0 Å². The van der Waals surface area contributed by atoms with Crippen LogP contribution < -0.4 is 0 Å². The van der Waals surface area contributed by atoms with Gasteiger partial charge in [0.15, 0.2) is 0 Å². The number of hydrogen-bond acceptors (Lipinski definition) is 3. The Kier molecular flexibility index (Phi) is 19.8. The van der Waals surface area contributed by atoms with E-state index in [0.29, 0.717) is 0 Å². The van der Waals surface area contributed by atoms with Crippen molar-refractivity contribution in [2.45, 2.75) is 199 Å². The molecule has 0 amide bonds. The molecule has 0 aliphatic heterocycles. The van der Waals surface area contributed by atoms with E-state index >= 15 is 0 Å². The van der Waals surface area contributed by atoms with Gasteiger partial charge in [-0.15, -0.1) is 11.3 Å². The predicted molar refractivity (Wildman–Crippen MR) is 357 cm³/mol. The lowest BCUT2D eigenvalue weighted by atomic mass is 9.92. The summed E-state index contributed by atoms with van der Waals surface area (Å²) in [5.41, 5.74) is 19.0. The first-order valence-corrected chi connectivity index (χ1v) is 30.1. The van der Waals surface area contributed by atoms with Crippen LogP contribution in [0.15, 0.2) is 96.5 Å². The number of para-hydroxylation sites is 1. The summed E-state index contributed by atoms with van der Waals surface area (Å²) in [7, 11) is 12.7. The van der Waals surface area contributed by atoms with Crippen molar-refractivity contribution in [3.8, 4) is 0 Å². The van der Waals surface area contributed by atoms with Gasteiger partial charge in [0.1, 0.15) is 11.6 Å². The zero-order chi connectivity index (χ0) is 61.4. The van der Waals surface area contributed by atoms with Crippen molar-refractivity contribution in [2.75, 3.05) is 0 Å². The highest BCUT2D eigenvalue weighted by atomic mass is 32.1. The van der Waals surface area contributed by atoms with Crippen LogP contribution in [0, 0.1) is 41.5 Å². The molecule has 0 atom stereocenters. The quantitative estimate of drug-likeness (QED) is 0.152. The molecular formula is C72H106N8S. The maximum atomic E-state index is 4.33. The molecule has 440 valence electrons. The molecule has 8 nitrogen and oxygen atoms in total. The molecule has 0 aliphatic rings. The molecule has 0 N–H and O–H groups in total. The standard InChI is InChI=1S/C15H17NS.2C14H19N.C11H19N.C10H17N.C8H15N3/c1-15(2,3)14-8-11-7-10-5-6-17-13(10)9-12(11)16(14)4;1-10-6-7-11-9-13(14(2,3)4)15(5)12(11)8-10;1-10-7-6-8-11-9-12(14(2,3)4)15(5)13(10)11;1-8-7-10(11(3,4)5)12(6)9(8)2;1-8-6-9(10(2,3)4)11(5)7-8;1-6-9-7(8(2,3)4)11(5)10-6/h5-9H,1-4H3;2*6-9H,1-5H3;7H,1-6H3;6-7H,1-5H3;1-5H3. The van der Waals surface area contributed by atoms with E-state index in [1.165, 1.54) is 99.2 Å². The molecule has 7 heterocycles. The van der Waals surface area contributed by atoms with Gasteiger partial charge in [-0.25, -0.2) is 4.98 Å². The fraction of sp³-hybridized carbons (Fsp3) is 0.500. The lowest BCUT2D eigenvalue weighted by Crippen LogP contribution is -2.17. The van der Waals surface area contributed by atoms with Gasteiger partial charge in [0.05, 0.1) is 5.52 Å². The fourth-order valence-electron chi connectivity index (χ4n) is 11.2. The second kappa shape index (κ2) is 24.4. The number of fused-ring (bicyclic) bond motifs is 4. The monoisotopic (exact) mass is 1110 g/mol. The van der Waals surface area contributed by atoms with Gasteiger partial charge >= 0.3 is 0 Å².